The van der Waals surface area contributed by atoms with Crippen molar-refractivity contribution in [1.82, 2.24) is 9.47 Å². The summed E-state index contributed by atoms with van der Waals surface area (Å²) >= 11 is 0. The first-order chi connectivity index (χ1) is 15.6. The molecule has 0 radical (unpaired) electrons. The number of piperidine rings is 1. The van der Waals surface area contributed by atoms with E-state index in [0.717, 1.165) is 50.3 Å². The van der Waals surface area contributed by atoms with Gasteiger partial charge in [-0.25, -0.2) is 4.39 Å². The van der Waals surface area contributed by atoms with Gasteiger partial charge in [0.2, 0.25) is 5.91 Å². The lowest BCUT2D eigenvalue weighted by atomic mass is 9.96. The first-order valence-electron chi connectivity index (χ1n) is 11.4. The van der Waals surface area contributed by atoms with E-state index in [1.54, 1.807) is 0 Å². The van der Waals surface area contributed by atoms with Crippen molar-refractivity contribution in [2.24, 2.45) is 5.92 Å². The number of aryl methyl sites for hydroxylation is 1. The molecule has 1 aliphatic rings. The van der Waals surface area contributed by atoms with E-state index in [-0.39, 0.29) is 17.6 Å². The van der Waals surface area contributed by atoms with E-state index in [9.17, 15) is 9.18 Å². The molecule has 4 nitrogen and oxygen atoms in total. The van der Waals surface area contributed by atoms with Crippen molar-refractivity contribution < 1.29 is 9.18 Å². The maximum absolute atomic E-state index is 13.2. The molecule has 5 heteroatoms. The first-order valence-corrected chi connectivity index (χ1v) is 11.4. The van der Waals surface area contributed by atoms with Gasteiger partial charge in [-0.05, 0) is 68.3 Å². The molecule has 5 rings (SSSR count). The molecule has 1 unspecified atom stereocenters. The van der Waals surface area contributed by atoms with Crippen molar-refractivity contribution >= 4 is 33.4 Å². The number of carbonyl (C=O) groups excluding carboxylic acids is 1. The number of hydrogen-bond acceptors (Lipinski definition) is 2. The molecule has 0 spiro atoms. The Hall–Kier alpha value is -3.18. The number of aromatic nitrogens is 1. The number of carbonyl (C=O) groups is 1. The Bertz CT molecular complexity index is 1260. The average molecular weight is 430 g/mol. The fourth-order valence-corrected chi connectivity index (χ4v) is 4.98. The number of amides is 1. The summed E-state index contributed by atoms with van der Waals surface area (Å²) < 4.78 is 15.5. The molecule has 2 heterocycles. The molecule has 3 aromatic carbocycles. The van der Waals surface area contributed by atoms with E-state index in [0.29, 0.717) is 0 Å². The second-order valence-corrected chi connectivity index (χ2v) is 8.68. The predicted octanol–water partition coefficient (Wildman–Crippen LogP) is 5.80. The molecule has 0 aliphatic carbocycles. The molecular weight excluding hydrogens is 401 g/mol. The Morgan fingerprint density at radius 1 is 1.03 bits per heavy atom. The van der Waals surface area contributed by atoms with E-state index in [1.165, 1.54) is 33.9 Å². The van der Waals surface area contributed by atoms with Gasteiger partial charge in [0.1, 0.15) is 5.82 Å². The summed E-state index contributed by atoms with van der Waals surface area (Å²) in [5, 5.41) is 5.54. The minimum atomic E-state index is -0.219. The van der Waals surface area contributed by atoms with Crippen LogP contribution < -0.4 is 5.32 Å². The van der Waals surface area contributed by atoms with Crippen LogP contribution in [0, 0.1) is 11.7 Å². The molecule has 32 heavy (non-hydrogen) atoms. The predicted molar refractivity (Wildman–Crippen MR) is 128 cm³/mol. The molecule has 1 atom stereocenters. The van der Waals surface area contributed by atoms with Crippen molar-refractivity contribution in [2.75, 3.05) is 18.4 Å². The third kappa shape index (κ3) is 4.00. The van der Waals surface area contributed by atoms with Crippen LogP contribution in [0.1, 0.15) is 25.3 Å². The summed E-state index contributed by atoms with van der Waals surface area (Å²) in [7, 11) is 0. The third-order valence-electron chi connectivity index (χ3n) is 6.55. The fraction of sp³-hybridized carbons (Fsp3) is 0.296. The van der Waals surface area contributed by atoms with Crippen molar-refractivity contribution in [3.63, 3.8) is 0 Å². The zero-order valence-corrected chi connectivity index (χ0v) is 18.4. The summed E-state index contributed by atoms with van der Waals surface area (Å²) in [6.45, 7) is 5.49. The summed E-state index contributed by atoms with van der Waals surface area (Å²) in [4.78, 5) is 15.4. The highest BCUT2D eigenvalue weighted by atomic mass is 19.1. The average Bonchev–Trinajstić information content (AvgIpc) is 3.14. The molecule has 1 saturated heterocycles. The third-order valence-corrected chi connectivity index (χ3v) is 6.55. The number of anilines is 1. The van der Waals surface area contributed by atoms with Crippen LogP contribution in [-0.4, -0.2) is 28.5 Å². The van der Waals surface area contributed by atoms with Gasteiger partial charge in [0, 0.05) is 47.1 Å². The van der Waals surface area contributed by atoms with Gasteiger partial charge >= 0.3 is 0 Å². The molecule has 164 valence electrons. The maximum Gasteiger partial charge on any atom is 0.228 e. The normalized spacial score (nSPS) is 17.1. The topological polar surface area (TPSA) is 37.3 Å². The van der Waals surface area contributed by atoms with Crippen LogP contribution in [-0.2, 0) is 17.9 Å². The van der Waals surface area contributed by atoms with E-state index < -0.39 is 0 Å². The van der Waals surface area contributed by atoms with Crippen LogP contribution >= 0.6 is 0 Å². The van der Waals surface area contributed by atoms with Crippen molar-refractivity contribution in [1.29, 1.82) is 0 Å². The number of halogens is 1. The SMILES string of the molecule is CCn1c2ccccc2c2cc(NC(=O)C3CCCN(Cc4ccc(F)cc4)C3)ccc21. The highest BCUT2D eigenvalue weighted by molar-refractivity contribution is 6.09. The zero-order valence-electron chi connectivity index (χ0n) is 18.4. The summed E-state index contributed by atoms with van der Waals surface area (Å²) in [6, 6.07) is 21.3. The number of hydrogen-bond donors (Lipinski definition) is 1. The lowest BCUT2D eigenvalue weighted by Crippen LogP contribution is -2.40. The molecule has 0 saturated carbocycles. The van der Waals surface area contributed by atoms with Crippen LogP contribution in [0.5, 0.6) is 0 Å². The number of para-hydroxylation sites is 1. The van der Waals surface area contributed by atoms with Gasteiger partial charge in [-0.2, -0.15) is 0 Å². The van der Waals surface area contributed by atoms with Gasteiger partial charge in [-0.1, -0.05) is 30.3 Å². The van der Waals surface area contributed by atoms with Crippen molar-refractivity contribution in [2.45, 2.75) is 32.9 Å². The molecule has 1 aromatic heterocycles. The van der Waals surface area contributed by atoms with Gasteiger partial charge in [0.25, 0.3) is 0 Å². The van der Waals surface area contributed by atoms with E-state index in [4.69, 9.17) is 0 Å². The van der Waals surface area contributed by atoms with E-state index in [1.807, 2.05) is 18.2 Å². The fourth-order valence-electron chi connectivity index (χ4n) is 4.98. The standard InChI is InChI=1S/C27H28FN3O/c1-2-31-25-8-4-3-7-23(25)24-16-22(13-14-26(24)31)29-27(32)20-6-5-15-30(18-20)17-19-9-11-21(28)12-10-19/h3-4,7-14,16,20H,2,5-6,15,17-18H2,1H3,(H,29,32). The molecule has 1 aliphatic heterocycles. The monoisotopic (exact) mass is 429 g/mol. The van der Waals surface area contributed by atoms with Gasteiger partial charge < -0.3 is 9.88 Å². The highest BCUT2D eigenvalue weighted by Gasteiger charge is 2.26. The van der Waals surface area contributed by atoms with Gasteiger partial charge in [-0.3, -0.25) is 9.69 Å². The van der Waals surface area contributed by atoms with Gasteiger partial charge in [0.05, 0.1) is 5.92 Å². The second-order valence-electron chi connectivity index (χ2n) is 8.68. The van der Waals surface area contributed by atoms with Gasteiger partial charge in [0.15, 0.2) is 0 Å². The highest BCUT2D eigenvalue weighted by Crippen LogP contribution is 2.31. The number of rotatable bonds is 5. The smallest absolute Gasteiger partial charge is 0.228 e. The second kappa shape index (κ2) is 8.75. The van der Waals surface area contributed by atoms with Crippen LogP contribution in [0.25, 0.3) is 21.8 Å². The zero-order chi connectivity index (χ0) is 22.1. The Morgan fingerprint density at radius 2 is 1.81 bits per heavy atom. The van der Waals surface area contributed by atoms with Crippen LogP contribution in [0.4, 0.5) is 10.1 Å². The molecular formula is C27H28FN3O. The Morgan fingerprint density at radius 3 is 2.62 bits per heavy atom. The molecule has 1 amide bonds. The summed E-state index contributed by atoms with van der Waals surface area (Å²) in [5.74, 6) is -0.187. The Kier molecular flexibility index (Phi) is 5.66. The minimum absolute atomic E-state index is 0.0446. The molecule has 1 N–H and O–H groups in total. The Balaban J connectivity index is 1.32. The summed E-state index contributed by atoms with van der Waals surface area (Å²) in [5.41, 5.74) is 4.33. The first kappa shape index (κ1) is 20.7. The quantitative estimate of drug-likeness (QED) is 0.435. The van der Waals surface area contributed by atoms with Crippen LogP contribution in [0.2, 0.25) is 0 Å². The molecule has 1 fully saturated rings. The van der Waals surface area contributed by atoms with E-state index >= 15 is 0 Å². The number of nitrogens with zero attached hydrogens (tertiary/aromatic N) is 2. The van der Waals surface area contributed by atoms with Crippen molar-refractivity contribution in [3.05, 3.63) is 78.1 Å². The number of nitrogens with one attached hydrogen (secondary N) is 1. The van der Waals surface area contributed by atoms with Crippen LogP contribution in [0.15, 0.2) is 66.7 Å². The Labute approximate surface area is 187 Å². The van der Waals surface area contributed by atoms with Gasteiger partial charge in [-0.15, -0.1) is 0 Å². The number of fused-ring (bicyclic) bond motifs is 3. The number of likely N-dealkylation sites (tertiary alicyclic amines) is 1. The van der Waals surface area contributed by atoms with Crippen LogP contribution in [0.3, 0.4) is 0 Å². The van der Waals surface area contributed by atoms with Crippen molar-refractivity contribution in [3.8, 4) is 0 Å². The maximum atomic E-state index is 13.2. The lowest BCUT2D eigenvalue weighted by molar-refractivity contribution is -0.121. The number of benzene rings is 3. The lowest BCUT2D eigenvalue weighted by Gasteiger charge is -2.32. The largest absolute Gasteiger partial charge is 0.341 e. The summed E-state index contributed by atoms with van der Waals surface area (Å²) in [6.07, 6.45) is 1.88. The molecule has 0 bridgehead atoms. The molecule has 4 aromatic rings. The minimum Gasteiger partial charge on any atom is -0.341 e. The van der Waals surface area contributed by atoms with E-state index in [2.05, 4.69) is 58.1 Å².